The maximum atomic E-state index is 12.1. The van der Waals surface area contributed by atoms with Crippen LogP contribution in [0, 0.1) is 5.92 Å². The summed E-state index contributed by atoms with van der Waals surface area (Å²) in [6, 6.07) is 0. The van der Waals surface area contributed by atoms with E-state index in [2.05, 4.69) is 39.7 Å². The number of carbonyl (C=O) groups excluding carboxylic acids is 1. The number of aromatic nitrogens is 2. The molecule has 4 nitrogen and oxygen atoms in total. The van der Waals surface area contributed by atoms with Crippen LogP contribution in [-0.2, 0) is 4.79 Å². The summed E-state index contributed by atoms with van der Waals surface area (Å²) in [6.07, 6.45) is 6.28. The van der Waals surface area contributed by atoms with Crippen molar-refractivity contribution < 1.29 is 4.79 Å². The number of hydrogen-bond acceptors (Lipinski definition) is 3. The third-order valence-corrected chi connectivity index (χ3v) is 3.77. The second-order valence-electron chi connectivity index (χ2n) is 5.54. The smallest absolute Gasteiger partial charge is 0.222 e. The van der Waals surface area contributed by atoms with Gasteiger partial charge in [-0.2, -0.15) is 0 Å². The quantitative estimate of drug-likeness (QED) is 0.858. The zero-order valence-corrected chi connectivity index (χ0v) is 13.1. The van der Waals surface area contributed by atoms with E-state index >= 15 is 0 Å². The molecule has 0 aromatic carbocycles. The molecular weight excluding hydrogens is 306 g/mol. The highest BCUT2D eigenvalue weighted by molar-refractivity contribution is 9.10. The van der Waals surface area contributed by atoms with Crippen LogP contribution < -0.4 is 0 Å². The second-order valence-corrected chi connectivity index (χ2v) is 6.45. The monoisotopic (exact) mass is 325 g/mol. The molecule has 1 amide bonds. The van der Waals surface area contributed by atoms with Crippen molar-refractivity contribution in [2.45, 2.75) is 39.0 Å². The summed E-state index contributed by atoms with van der Waals surface area (Å²) in [5, 5.41) is 0. The lowest BCUT2D eigenvalue weighted by atomic mass is 9.96. The third kappa shape index (κ3) is 4.00. The Morgan fingerprint density at radius 1 is 1.47 bits per heavy atom. The summed E-state index contributed by atoms with van der Waals surface area (Å²) >= 11 is 3.34. The van der Waals surface area contributed by atoms with Gasteiger partial charge >= 0.3 is 0 Å². The van der Waals surface area contributed by atoms with Crippen LogP contribution in [0.3, 0.4) is 0 Å². The molecule has 1 atom stereocenters. The van der Waals surface area contributed by atoms with Crippen molar-refractivity contribution in [3.63, 3.8) is 0 Å². The first kappa shape index (κ1) is 14.4. The van der Waals surface area contributed by atoms with Crippen molar-refractivity contribution >= 4 is 21.8 Å². The van der Waals surface area contributed by atoms with Gasteiger partial charge in [0.2, 0.25) is 5.91 Å². The average molecular weight is 326 g/mol. The fourth-order valence-corrected chi connectivity index (χ4v) is 2.63. The Hall–Kier alpha value is -0.970. The molecule has 1 fully saturated rings. The van der Waals surface area contributed by atoms with Crippen LogP contribution in [0.2, 0.25) is 0 Å². The van der Waals surface area contributed by atoms with E-state index in [0.29, 0.717) is 12.3 Å². The van der Waals surface area contributed by atoms with Gasteiger partial charge in [-0.3, -0.25) is 4.79 Å². The summed E-state index contributed by atoms with van der Waals surface area (Å²) in [5.41, 5.74) is 0. The summed E-state index contributed by atoms with van der Waals surface area (Å²) < 4.78 is 0.889. The minimum Gasteiger partial charge on any atom is -0.342 e. The normalized spacial score (nSPS) is 19.8. The maximum Gasteiger partial charge on any atom is 0.222 e. The van der Waals surface area contributed by atoms with Crippen molar-refractivity contribution in [2.75, 3.05) is 13.1 Å². The van der Waals surface area contributed by atoms with Gasteiger partial charge in [-0.15, -0.1) is 0 Å². The number of amides is 1. The Morgan fingerprint density at radius 3 is 2.79 bits per heavy atom. The van der Waals surface area contributed by atoms with E-state index in [1.165, 1.54) is 0 Å². The van der Waals surface area contributed by atoms with Gasteiger partial charge in [-0.1, -0.05) is 13.8 Å². The molecule has 1 unspecified atom stereocenters. The first-order valence-electron chi connectivity index (χ1n) is 6.81. The van der Waals surface area contributed by atoms with Gasteiger partial charge in [0.05, 0.1) is 4.47 Å². The molecule has 0 saturated carbocycles. The van der Waals surface area contributed by atoms with Crippen LogP contribution in [0.1, 0.15) is 44.9 Å². The fourth-order valence-electron chi connectivity index (χ4n) is 2.43. The predicted octanol–water partition coefficient (Wildman–Crippen LogP) is 2.99. The number of carbonyl (C=O) groups is 1. The number of halogens is 1. The SMILES string of the molecule is CC(C)CC(=O)N1CCCC(c2ncc(Br)cn2)C1. The van der Waals surface area contributed by atoms with Crippen LogP contribution >= 0.6 is 15.9 Å². The highest BCUT2D eigenvalue weighted by Crippen LogP contribution is 2.25. The number of rotatable bonds is 3. The van der Waals surface area contributed by atoms with E-state index in [-0.39, 0.29) is 11.8 Å². The van der Waals surface area contributed by atoms with Crippen LogP contribution in [0.5, 0.6) is 0 Å². The zero-order chi connectivity index (χ0) is 13.8. The minimum atomic E-state index is 0.261. The van der Waals surface area contributed by atoms with E-state index in [4.69, 9.17) is 0 Å². The standard InChI is InChI=1S/C14H20BrN3O/c1-10(2)6-13(19)18-5-3-4-11(9-18)14-16-7-12(15)8-17-14/h7-8,10-11H,3-6,9H2,1-2H3. The lowest BCUT2D eigenvalue weighted by Gasteiger charge is -2.32. The molecule has 0 N–H and O–H groups in total. The predicted molar refractivity (Wildman–Crippen MR) is 77.7 cm³/mol. The zero-order valence-electron chi connectivity index (χ0n) is 11.5. The largest absolute Gasteiger partial charge is 0.342 e. The Kier molecular flexibility index (Phi) is 4.91. The van der Waals surface area contributed by atoms with Crippen LogP contribution in [0.25, 0.3) is 0 Å². The molecule has 2 heterocycles. The van der Waals surface area contributed by atoms with E-state index in [0.717, 1.165) is 36.2 Å². The first-order chi connectivity index (χ1) is 9.06. The Morgan fingerprint density at radius 2 is 2.16 bits per heavy atom. The Labute approximate surface area is 122 Å². The highest BCUT2D eigenvalue weighted by atomic mass is 79.9. The van der Waals surface area contributed by atoms with Crippen LogP contribution in [-0.4, -0.2) is 33.9 Å². The van der Waals surface area contributed by atoms with E-state index < -0.39 is 0 Å². The number of nitrogens with zero attached hydrogens (tertiary/aromatic N) is 3. The second kappa shape index (κ2) is 6.46. The number of hydrogen-bond donors (Lipinski definition) is 0. The van der Waals surface area contributed by atoms with Crippen LogP contribution in [0.15, 0.2) is 16.9 Å². The van der Waals surface area contributed by atoms with Gasteiger partial charge < -0.3 is 4.90 Å². The van der Waals surface area contributed by atoms with Gasteiger partial charge in [-0.25, -0.2) is 9.97 Å². The Balaban J connectivity index is 2.00. The molecule has 2 rings (SSSR count). The Bertz CT molecular complexity index is 433. The van der Waals surface area contributed by atoms with E-state index in [9.17, 15) is 4.79 Å². The lowest BCUT2D eigenvalue weighted by molar-refractivity contribution is -0.133. The molecule has 5 heteroatoms. The van der Waals surface area contributed by atoms with Gasteiger partial charge in [0, 0.05) is 37.8 Å². The van der Waals surface area contributed by atoms with Crippen molar-refractivity contribution in [1.29, 1.82) is 0 Å². The summed E-state index contributed by atoms with van der Waals surface area (Å²) in [5.74, 6) is 1.80. The van der Waals surface area contributed by atoms with E-state index in [1.807, 2.05) is 4.90 Å². The average Bonchev–Trinajstić information content (AvgIpc) is 2.39. The maximum absolute atomic E-state index is 12.1. The summed E-state index contributed by atoms with van der Waals surface area (Å²) in [6.45, 7) is 5.79. The third-order valence-electron chi connectivity index (χ3n) is 3.36. The molecule has 0 aliphatic carbocycles. The van der Waals surface area contributed by atoms with E-state index in [1.54, 1.807) is 12.4 Å². The molecular formula is C14H20BrN3O. The topological polar surface area (TPSA) is 46.1 Å². The minimum absolute atomic E-state index is 0.261. The van der Waals surface area contributed by atoms with Gasteiger partial charge in [0.25, 0.3) is 0 Å². The summed E-state index contributed by atoms with van der Waals surface area (Å²) in [7, 11) is 0. The molecule has 0 radical (unpaired) electrons. The molecule has 1 aliphatic rings. The molecule has 1 saturated heterocycles. The van der Waals surface area contributed by atoms with Crippen LogP contribution in [0.4, 0.5) is 0 Å². The summed E-state index contributed by atoms with van der Waals surface area (Å²) in [4.78, 5) is 22.8. The fraction of sp³-hybridized carbons (Fsp3) is 0.643. The first-order valence-corrected chi connectivity index (χ1v) is 7.60. The molecule has 1 aromatic heterocycles. The van der Waals surface area contributed by atoms with Crippen molar-refractivity contribution in [1.82, 2.24) is 14.9 Å². The molecule has 1 aromatic rings. The van der Waals surface area contributed by atoms with Crippen molar-refractivity contribution in [3.8, 4) is 0 Å². The molecule has 19 heavy (non-hydrogen) atoms. The van der Waals surface area contributed by atoms with Crippen molar-refractivity contribution in [3.05, 3.63) is 22.7 Å². The molecule has 0 bridgehead atoms. The van der Waals surface area contributed by atoms with Gasteiger partial charge in [0.15, 0.2) is 0 Å². The lowest BCUT2D eigenvalue weighted by Crippen LogP contribution is -2.39. The van der Waals surface area contributed by atoms with Gasteiger partial charge in [0.1, 0.15) is 5.82 Å². The molecule has 104 valence electrons. The molecule has 0 spiro atoms. The number of piperidine rings is 1. The van der Waals surface area contributed by atoms with Crippen molar-refractivity contribution in [2.24, 2.45) is 5.92 Å². The molecule has 1 aliphatic heterocycles. The highest BCUT2D eigenvalue weighted by Gasteiger charge is 2.26. The number of likely N-dealkylation sites (tertiary alicyclic amines) is 1. The van der Waals surface area contributed by atoms with Gasteiger partial charge in [-0.05, 0) is 34.7 Å².